The Balaban J connectivity index is 1.69. The molecule has 0 saturated carbocycles. The van der Waals surface area contributed by atoms with Crippen molar-refractivity contribution in [2.24, 2.45) is 0 Å². The lowest BCUT2D eigenvalue weighted by atomic mass is 10.0. The van der Waals surface area contributed by atoms with E-state index in [2.05, 4.69) is 6.92 Å². The van der Waals surface area contributed by atoms with Gasteiger partial charge in [-0.3, -0.25) is 0 Å². The average Bonchev–Trinajstić information content (AvgIpc) is 2.96. The number of cyclic esters (lactones) is 1. The zero-order valence-electron chi connectivity index (χ0n) is 15.3. The Morgan fingerprint density at radius 1 is 0.826 bits per heavy atom. The van der Waals surface area contributed by atoms with Crippen molar-refractivity contribution in [3.8, 4) is 0 Å². The van der Waals surface area contributed by atoms with Crippen molar-refractivity contribution in [2.45, 2.75) is 109 Å². The smallest absolute Gasteiger partial charge is 0.335 e. The minimum absolute atomic E-state index is 0.171. The Labute approximate surface area is 143 Å². The van der Waals surface area contributed by atoms with Crippen LogP contribution in [0.5, 0.6) is 0 Å². The van der Waals surface area contributed by atoms with Crippen molar-refractivity contribution in [3.63, 3.8) is 0 Å². The van der Waals surface area contributed by atoms with Crippen molar-refractivity contribution in [1.29, 1.82) is 0 Å². The van der Waals surface area contributed by atoms with E-state index in [1.165, 1.54) is 83.5 Å². The molecule has 136 valence electrons. The number of hydrogen-bond acceptors (Lipinski definition) is 3. The maximum absolute atomic E-state index is 11.2. The lowest BCUT2D eigenvalue weighted by Crippen LogP contribution is -2.18. The molecule has 1 aliphatic rings. The summed E-state index contributed by atoms with van der Waals surface area (Å²) in [6.07, 6.45) is 19.5. The van der Waals surface area contributed by atoms with Gasteiger partial charge in [-0.05, 0) is 6.42 Å². The summed E-state index contributed by atoms with van der Waals surface area (Å²) in [6.45, 7) is 3.51. The summed E-state index contributed by atoms with van der Waals surface area (Å²) in [7, 11) is 0. The third kappa shape index (κ3) is 11.6. The lowest BCUT2D eigenvalue weighted by molar-refractivity contribution is -0.147. The number of ether oxygens (including phenoxy) is 2. The van der Waals surface area contributed by atoms with Gasteiger partial charge < -0.3 is 9.47 Å². The first-order valence-electron chi connectivity index (χ1n) is 10.1. The zero-order valence-corrected chi connectivity index (χ0v) is 15.3. The van der Waals surface area contributed by atoms with Crippen LogP contribution >= 0.6 is 0 Å². The van der Waals surface area contributed by atoms with Crippen LogP contribution in [0.25, 0.3) is 0 Å². The molecule has 1 fully saturated rings. The Morgan fingerprint density at radius 2 is 1.30 bits per heavy atom. The molecular formula is C20H38O3. The number of esters is 1. The van der Waals surface area contributed by atoms with Crippen molar-refractivity contribution in [1.82, 2.24) is 0 Å². The van der Waals surface area contributed by atoms with E-state index >= 15 is 0 Å². The van der Waals surface area contributed by atoms with Crippen LogP contribution in [0.2, 0.25) is 0 Å². The summed E-state index contributed by atoms with van der Waals surface area (Å²) < 4.78 is 10.4. The lowest BCUT2D eigenvalue weighted by Gasteiger charge is -2.07. The van der Waals surface area contributed by atoms with Crippen LogP contribution in [0.4, 0.5) is 0 Å². The molecule has 1 unspecified atom stereocenters. The molecule has 1 atom stereocenters. The molecule has 0 spiro atoms. The van der Waals surface area contributed by atoms with Gasteiger partial charge in [0.1, 0.15) is 0 Å². The summed E-state index contributed by atoms with van der Waals surface area (Å²) in [4.78, 5) is 11.2. The van der Waals surface area contributed by atoms with Gasteiger partial charge in [0.25, 0.3) is 0 Å². The van der Waals surface area contributed by atoms with Crippen molar-refractivity contribution in [3.05, 3.63) is 0 Å². The fourth-order valence-corrected chi connectivity index (χ4v) is 3.15. The van der Waals surface area contributed by atoms with Crippen LogP contribution in [0.15, 0.2) is 0 Å². The van der Waals surface area contributed by atoms with Gasteiger partial charge in [-0.1, -0.05) is 90.4 Å². The molecule has 1 heterocycles. The fraction of sp³-hybridized carbons (Fsp3) is 0.950. The third-order valence-electron chi connectivity index (χ3n) is 4.70. The van der Waals surface area contributed by atoms with Gasteiger partial charge in [-0.25, -0.2) is 4.79 Å². The van der Waals surface area contributed by atoms with Gasteiger partial charge in [0.05, 0.1) is 6.61 Å². The first kappa shape index (κ1) is 20.5. The molecule has 0 aromatic carbocycles. The molecule has 3 nitrogen and oxygen atoms in total. The van der Waals surface area contributed by atoms with Crippen LogP contribution < -0.4 is 0 Å². The van der Waals surface area contributed by atoms with E-state index in [4.69, 9.17) is 9.47 Å². The standard InChI is InChI=1S/C20H38O3/c1-2-3-4-5-6-7-8-9-10-11-12-13-14-15-17-22-19-16-18-23-20(19)21/h19H,2-18H2,1H3. The van der Waals surface area contributed by atoms with Crippen LogP contribution in [-0.2, 0) is 14.3 Å². The van der Waals surface area contributed by atoms with E-state index in [-0.39, 0.29) is 12.1 Å². The molecule has 3 heteroatoms. The van der Waals surface area contributed by atoms with E-state index in [1.54, 1.807) is 0 Å². The number of unbranched alkanes of at least 4 members (excludes halogenated alkanes) is 13. The quantitative estimate of drug-likeness (QED) is 0.265. The van der Waals surface area contributed by atoms with Crippen LogP contribution in [-0.4, -0.2) is 25.3 Å². The highest BCUT2D eigenvalue weighted by molar-refractivity contribution is 5.76. The largest absolute Gasteiger partial charge is 0.464 e. The van der Waals surface area contributed by atoms with Crippen LogP contribution in [0.3, 0.4) is 0 Å². The summed E-state index contributed by atoms with van der Waals surface area (Å²) in [5, 5.41) is 0. The predicted octanol–water partition coefficient (Wildman–Crippen LogP) is 5.80. The average molecular weight is 327 g/mol. The summed E-state index contributed by atoms with van der Waals surface area (Å²) in [5.41, 5.74) is 0. The van der Waals surface area contributed by atoms with E-state index in [9.17, 15) is 4.79 Å². The maximum Gasteiger partial charge on any atom is 0.335 e. The topological polar surface area (TPSA) is 35.5 Å². The molecule has 1 saturated heterocycles. The molecule has 0 aromatic heterocycles. The van der Waals surface area contributed by atoms with Crippen molar-refractivity contribution in [2.75, 3.05) is 13.2 Å². The second-order valence-corrected chi connectivity index (χ2v) is 6.91. The number of hydrogen-bond donors (Lipinski definition) is 0. The van der Waals surface area contributed by atoms with Gasteiger partial charge in [0, 0.05) is 13.0 Å². The van der Waals surface area contributed by atoms with Gasteiger partial charge in [-0.15, -0.1) is 0 Å². The molecular weight excluding hydrogens is 288 g/mol. The number of carbonyl (C=O) groups is 1. The van der Waals surface area contributed by atoms with Crippen molar-refractivity contribution >= 4 is 5.97 Å². The van der Waals surface area contributed by atoms with Crippen LogP contribution in [0, 0.1) is 0 Å². The zero-order chi connectivity index (χ0) is 16.6. The van der Waals surface area contributed by atoms with Gasteiger partial charge in [0.15, 0.2) is 6.10 Å². The Morgan fingerprint density at radius 3 is 1.74 bits per heavy atom. The van der Waals surface area contributed by atoms with Crippen LogP contribution in [0.1, 0.15) is 103 Å². The minimum atomic E-state index is -0.281. The first-order valence-corrected chi connectivity index (χ1v) is 10.1. The number of rotatable bonds is 16. The van der Waals surface area contributed by atoms with Gasteiger partial charge in [-0.2, -0.15) is 0 Å². The Bertz CT molecular complexity index is 278. The summed E-state index contributed by atoms with van der Waals surface area (Å²) >= 11 is 0. The minimum Gasteiger partial charge on any atom is -0.464 e. The molecule has 0 aliphatic carbocycles. The summed E-state index contributed by atoms with van der Waals surface area (Å²) in [6, 6.07) is 0. The van der Waals surface area contributed by atoms with Gasteiger partial charge >= 0.3 is 5.97 Å². The second-order valence-electron chi connectivity index (χ2n) is 6.91. The second kappa shape index (κ2) is 15.0. The molecule has 0 bridgehead atoms. The highest BCUT2D eigenvalue weighted by Crippen LogP contribution is 2.14. The normalized spacial score (nSPS) is 17.6. The Hall–Kier alpha value is -0.570. The predicted molar refractivity (Wildman–Crippen MR) is 95.6 cm³/mol. The van der Waals surface area contributed by atoms with E-state index in [0.29, 0.717) is 13.2 Å². The van der Waals surface area contributed by atoms with Crippen molar-refractivity contribution < 1.29 is 14.3 Å². The van der Waals surface area contributed by atoms with E-state index in [1.807, 2.05) is 0 Å². The molecule has 1 aliphatic heterocycles. The van der Waals surface area contributed by atoms with E-state index in [0.717, 1.165) is 12.8 Å². The highest BCUT2D eigenvalue weighted by Gasteiger charge is 2.26. The SMILES string of the molecule is CCCCCCCCCCCCCCCCOC1CCOC1=O. The van der Waals surface area contributed by atoms with E-state index < -0.39 is 0 Å². The number of carbonyl (C=O) groups excluding carboxylic acids is 1. The molecule has 0 amide bonds. The maximum atomic E-state index is 11.2. The van der Waals surface area contributed by atoms with Gasteiger partial charge in [0.2, 0.25) is 0 Å². The third-order valence-corrected chi connectivity index (χ3v) is 4.70. The summed E-state index contributed by atoms with van der Waals surface area (Å²) in [5.74, 6) is -0.171. The molecule has 0 aromatic rings. The molecule has 23 heavy (non-hydrogen) atoms. The molecule has 0 N–H and O–H groups in total. The first-order chi connectivity index (χ1) is 11.3. The molecule has 1 rings (SSSR count). The monoisotopic (exact) mass is 326 g/mol. The molecule has 0 radical (unpaired) electrons. The highest BCUT2D eigenvalue weighted by atomic mass is 16.6. The Kier molecular flexibility index (Phi) is 13.3. The fourth-order valence-electron chi connectivity index (χ4n) is 3.15.